The van der Waals surface area contributed by atoms with E-state index >= 15 is 0 Å². The van der Waals surface area contributed by atoms with E-state index in [1.807, 2.05) is 12.1 Å². The summed E-state index contributed by atoms with van der Waals surface area (Å²) >= 11 is 3.29. The van der Waals surface area contributed by atoms with Crippen LogP contribution in [0.15, 0.2) is 22.7 Å². The van der Waals surface area contributed by atoms with Crippen molar-refractivity contribution in [2.24, 2.45) is 5.73 Å². The minimum Gasteiger partial charge on any atom is -0.329 e. The van der Waals surface area contributed by atoms with E-state index in [4.69, 9.17) is 5.73 Å². The van der Waals surface area contributed by atoms with Gasteiger partial charge in [-0.2, -0.15) is 0 Å². The van der Waals surface area contributed by atoms with Gasteiger partial charge in [0.05, 0.1) is 4.92 Å². The molecule has 5 nitrogen and oxygen atoms in total. The SMILES string of the molecule is CC1CCCC(CN)N1Cc1ccc(Br)cc1[N+](=O)[O-]. The van der Waals surface area contributed by atoms with E-state index in [0.29, 0.717) is 25.2 Å². The third-order valence-electron chi connectivity index (χ3n) is 4.06. The van der Waals surface area contributed by atoms with Gasteiger partial charge >= 0.3 is 0 Å². The zero-order valence-electron chi connectivity index (χ0n) is 11.6. The highest BCUT2D eigenvalue weighted by Crippen LogP contribution is 2.29. The Bertz CT molecular complexity index is 495. The average Bonchev–Trinajstić information content (AvgIpc) is 2.42. The Morgan fingerprint density at radius 3 is 2.90 bits per heavy atom. The molecule has 1 fully saturated rings. The minimum absolute atomic E-state index is 0.174. The maximum Gasteiger partial charge on any atom is 0.275 e. The Hall–Kier alpha value is -0.980. The van der Waals surface area contributed by atoms with Crippen LogP contribution in [0.3, 0.4) is 0 Å². The zero-order chi connectivity index (χ0) is 14.7. The molecule has 1 saturated heterocycles. The van der Waals surface area contributed by atoms with Gasteiger partial charge in [0.1, 0.15) is 0 Å². The number of piperidine rings is 1. The van der Waals surface area contributed by atoms with E-state index < -0.39 is 0 Å². The third kappa shape index (κ3) is 3.37. The molecule has 2 unspecified atom stereocenters. The number of hydrogen-bond donors (Lipinski definition) is 1. The Balaban J connectivity index is 2.25. The van der Waals surface area contributed by atoms with Gasteiger partial charge in [-0.15, -0.1) is 0 Å². The monoisotopic (exact) mass is 341 g/mol. The summed E-state index contributed by atoms with van der Waals surface area (Å²) in [5, 5.41) is 11.2. The lowest BCUT2D eigenvalue weighted by atomic mass is 9.95. The molecule has 1 aromatic rings. The fourth-order valence-electron chi connectivity index (χ4n) is 2.92. The number of likely N-dealkylation sites (tertiary alicyclic amines) is 1. The Kier molecular flexibility index (Phi) is 5.12. The predicted octanol–water partition coefficient (Wildman–Crippen LogP) is 3.06. The van der Waals surface area contributed by atoms with Crippen molar-refractivity contribution in [1.29, 1.82) is 0 Å². The first-order valence-corrected chi connectivity index (χ1v) is 7.71. The molecule has 0 aromatic heterocycles. The van der Waals surface area contributed by atoms with Gasteiger partial charge in [0, 0.05) is 41.3 Å². The minimum atomic E-state index is -0.313. The standard InChI is InChI=1S/C14H20BrN3O2/c1-10-3-2-4-13(8-16)17(10)9-11-5-6-12(15)7-14(11)18(19)20/h5-7,10,13H,2-4,8-9,16H2,1H3. The van der Waals surface area contributed by atoms with Crippen molar-refractivity contribution in [3.8, 4) is 0 Å². The van der Waals surface area contributed by atoms with Crippen LogP contribution in [0, 0.1) is 10.1 Å². The van der Waals surface area contributed by atoms with E-state index in [1.165, 1.54) is 6.42 Å². The van der Waals surface area contributed by atoms with Gasteiger partial charge < -0.3 is 5.73 Å². The fraction of sp³-hybridized carbons (Fsp3) is 0.571. The Morgan fingerprint density at radius 1 is 1.50 bits per heavy atom. The van der Waals surface area contributed by atoms with Gasteiger partial charge in [-0.25, -0.2) is 0 Å². The molecule has 110 valence electrons. The quantitative estimate of drug-likeness (QED) is 0.674. The van der Waals surface area contributed by atoms with Gasteiger partial charge in [0.15, 0.2) is 0 Å². The second kappa shape index (κ2) is 6.65. The summed E-state index contributed by atoms with van der Waals surface area (Å²) in [5.74, 6) is 0. The molecule has 0 amide bonds. The smallest absolute Gasteiger partial charge is 0.275 e. The molecular formula is C14H20BrN3O2. The molecule has 0 radical (unpaired) electrons. The first-order valence-electron chi connectivity index (χ1n) is 6.91. The molecule has 1 aliphatic rings. The van der Waals surface area contributed by atoms with Gasteiger partial charge in [-0.05, 0) is 31.9 Å². The molecule has 0 aliphatic carbocycles. The van der Waals surface area contributed by atoms with Crippen LogP contribution in [0.1, 0.15) is 31.7 Å². The first-order chi connectivity index (χ1) is 9.52. The van der Waals surface area contributed by atoms with Crippen molar-refractivity contribution in [2.45, 2.75) is 44.8 Å². The first kappa shape index (κ1) is 15.4. The number of rotatable bonds is 4. The summed E-state index contributed by atoms with van der Waals surface area (Å²) in [7, 11) is 0. The van der Waals surface area contributed by atoms with Crippen LogP contribution in [0.5, 0.6) is 0 Å². The van der Waals surface area contributed by atoms with E-state index in [2.05, 4.69) is 27.8 Å². The van der Waals surface area contributed by atoms with Crippen molar-refractivity contribution in [2.75, 3.05) is 6.54 Å². The lowest BCUT2D eigenvalue weighted by Gasteiger charge is -2.40. The summed E-state index contributed by atoms with van der Waals surface area (Å²) in [4.78, 5) is 13.2. The second-order valence-corrected chi connectivity index (χ2v) is 6.29. The van der Waals surface area contributed by atoms with E-state index in [-0.39, 0.29) is 10.6 Å². The highest BCUT2D eigenvalue weighted by Gasteiger charge is 2.28. The lowest BCUT2D eigenvalue weighted by molar-refractivity contribution is -0.385. The number of nitro groups is 1. The van der Waals surface area contributed by atoms with Crippen LogP contribution in [0.2, 0.25) is 0 Å². The number of nitro benzene ring substituents is 1. The topological polar surface area (TPSA) is 72.4 Å². The third-order valence-corrected chi connectivity index (χ3v) is 4.56. The van der Waals surface area contributed by atoms with Crippen LogP contribution in [-0.4, -0.2) is 28.5 Å². The lowest BCUT2D eigenvalue weighted by Crippen LogP contribution is -2.48. The number of nitrogens with zero attached hydrogens (tertiary/aromatic N) is 2. The second-order valence-electron chi connectivity index (χ2n) is 5.37. The maximum atomic E-state index is 11.2. The fourth-order valence-corrected chi connectivity index (χ4v) is 3.26. The predicted molar refractivity (Wildman–Crippen MR) is 82.5 cm³/mol. The molecule has 2 rings (SSSR count). The van der Waals surface area contributed by atoms with Crippen molar-refractivity contribution in [1.82, 2.24) is 4.90 Å². The van der Waals surface area contributed by atoms with E-state index in [0.717, 1.165) is 22.9 Å². The molecule has 0 spiro atoms. The Morgan fingerprint density at radius 2 is 2.25 bits per heavy atom. The highest BCUT2D eigenvalue weighted by molar-refractivity contribution is 9.10. The van der Waals surface area contributed by atoms with Crippen molar-refractivity contribution in [3.63, 3.8) is 0 Å². The number of halogens is 1. The molecule has 0 saturated carbocycles. The van der Waals surface area contributed by atoms with E-state index in [9.17, 15) is 10.1 Å². The number of nitrogens with two attached hydrogens (primary N) is 1. The summed E-state index contributed by atoms with van der Waals surface area (Å²) in [6, 6.07) is 6.00. The molecule has 2 atom stereocenters. The molecule has 1 aromatic carbocycles. The molecule has 2 N–H and O–H groups in total. The largest absolute Gasteiger partial charge is 0.329 e. The zero-order valence-corrected chi connectivity index (χ0v) is 13.2. The van der Waals surface area contributed by atoms with Crippen LogP contribution >= 0.6 is 15.9 Å². The molecule has 0 bridgehead atoms. The molecule has 1 heterocycles. The molecule has 6 heteroatoms. The summed E-state index contributed by atoms with van der Waals surface area (Å²) < 4.78 is 0.731. The molecule has 1 aliphatic heterocycles. The highest BCUT2D eigenvalue weighted by atomic mass is 79.9. The molecular weight excluding hydrogens is 322 g/mol. The maximum absolute atomic E-state index is 11.2. The van der Waals surface area contributed by atoms with Crippen LogP contribution in [0.4, 0.5) is 5.69 Å². The van der Waals surface area contributed by atoms with Crippen LogP contribution in [-0.2, 0) is 6.54 Å². The normalized spacial score (nSPS) is 23.8. The van der Waals surface area contributed by atoms with Gasteiger partial charge in [-0.1, -0.05) is 22.4 Å². The van der Waals surface area contributed by atoms with E-state index in [1.54, 1.807) is 6.07 Å². The van der Waals surface area contributed by atoms with Gasteiger partial charge in [-0.3, -0.25) is 15.0 Å². The summed E-state index contributed by atoms with van der Waals surface area (Å²) in [6.07, 6.45) is 3.38. The number of hydrogen-bond acceptors (Lipinski definition) is 4. The van der Waals surface area contributed by atoms with Crippen LogP contribution < -0.4 is 5.73 Å². The van der Waals surface area contributed by atoms with Crippen molar-refractivity contribution >= 4 is 21.6 Å². The van der Waals surface area contributed by atoms with Gasteiger partial charge in [0.25, 0.3) is 5.69 Å². The number of benzene rings is 1. The average molecular weight is 342 g/mol. The summed E-state index contributed by atoms with van der Waals surface area (Å²) in [5.41, 5.74) is 6.78. The Labute approximate surface area is 127 Å². The molecule has 20 heavy (non-hydrogen) atoms. The van der Waals surface area contributed by atoms with Crippen molar-refractivity contribution < 1.29 is 4.92 Å². The van der Waals surface area contributed by atoms with Crippen molar-refractivity contribution in [3.05, 3.63) is 38.3 Å². The van der Waals surface area contributed by atoms with Gasteiger partial charge in [0.2, 0.25) is 0 Å². The summed E-state index contributed by atoms with van der Waals surface area (Å²) in [6.45, 7) is 3.37. The van der Waals surface area contributed by atoms with Crippen LogP contribution in [0.25, 0.3) is 0 Å².